The van der Waals surface area contributed by atoms with Crippen LogP contribution in [0.4, 0.5) is 0 Å². The molecular weight excluding hydrogens is 232 g/mol. The lowest BCUT2D eigenvalue weighted by Gasteiger charge is -2.24. The van der Waals surface area contributed by atoms with Gasteiger partial charge in [0.1, 0.15) is 0 Å². The van der Waals surface area contributed by atoms with Gasteiger partial charge in [-0.1, -0.05) is 19.9 Å². The average Bonchev–Trinajstić information content (AvgIpc) is 2.26. The van der Waals surface area contributed by atoms with E-state index in [1.807, 2.05) is 13.8 Å². The van der Waals surface area contributed by atoms with Crippen molar-refractivity contribution in [2.45, 2.75) is 45.6 Å². The molecule has 5 heteroatoms. The van der Waals surface area contributed by atoms with Crippen LogP contribution in [0.3, 0.4) is 0 Å². The molecule has 0 aliphatic rings. The van der Waals surface area contributed by atoms with E-state index < -0.39 is 12.0 Å². The van der Waals surface area contributed by atoms with Crippen LogP contribution in [0.2, 0.25) is 0 Å². The van der Waals surface area contributed by atoms with E-state index in [2.05, 4.69) is 11.9 Å². The molecule has 5 nitrogen and oxygen atoms in total. The Morgan fingerprint density at radius 2 is 2.06 bits per heavy atom. The fourth-order valence-corrected chi connectivity index (χ4v) is 1.51. The van der Waals surface area contributed by atoms with Crippen LogP contribution >= 0.6 is 0 Å². The molecule has 18 heavy (non-hydrogen) atoms. The number of carboxylic acid groups (broad SMARTS) is 1. The van der Waals surface area contributed by atoms with Crippen LogP contribution in [0.25, 0.3) is 0 Å². The third kappa shape index (κ3) is 7.84. The second kappa shape index (κ2) is 7.87. The first kappa shape index (κ1) is 16.6. The standard InChI is InChI=1S/C13H24N2O3/c1-4-5-10(14)12(18)15-9-8-13(2,3)7-6-11(16)17/h4,10H,1,5-9,14H2,2-3H3,(H,15,18)(H,16,17). The number of aliphatic carboxylic acids is 1. The fourth-order valence-electron chi connectivity index (χ4n) is 1.51. The summed E-state index contributed by atoms with van der Waals surface area (Å²) in [6.07, 6.45) is 3.54. The number of carboxylic acids is 1. The van der Waals surface area contributed by atoms with Crippen molar-refractivity contribution in [3.05, 3.63) is 12.7 Å². The lowest BCUT2D eigenvalue weighted by atomic mass is 9.84. The number of carbonyl (C=O) groups is 2. The number of carbonyl (C=O) groups excluding carboxylic acids is 1. The highest BCUT2D eigenvalue weighted by molar-refractivity contribution is 5.81. The zero-order valence-corrected chi connectivity index (χ0v) is 11.2. The summed E-state index contributed by atoms with van der Waals surface area (Å²) in [5.41, 5.74) is 5.51. The highest BCUT2D eigenvalue weighted by Crippen LogP contribution is 2.25. The molecule has 0 rings (SSSR count). The molecule has 0 heterocycles. The van der Waals surface area contributed by atoms with Crippen LogP contribution in [0.5, 0.6) is 0 Å². The second-order valence-corrected chi connectivity index (χ2v) is 5.23. The van der Waals surface area contributed by atoms with E-state index in [4.69, 9.17) is 10.8 Å². The van der Waals surface area contributed by atoms with Crippen LogP contribution in [-0.2, 0) is 9.59 Å². The summed E-state index contributed by atoms with van der Waals surface area (Å²) in [6.45, 7) is 8.02. The highest BCUT2D eigenvalue weighted by Gasteiger charge is 2.19. The van der Waals surface area contributed by atoms with Crippen molar-refractivity contribution < 1.29 is 14.7 Å². The Kier molecular flexibility index (Phi) is 7.27. The van der Waals surface area contributed by atoms with Crippen LogP contribution in [0, 0.1) is 5.41 Å². The zero-order valence-electron chi connectivity index (χ0n) is 11.2. The lowest BCUT2D eigenvalue weighted by Crippen LogP contribution is -2.41. The summed E-state index contributed by atoms with van der Waals surface area (Å²) >= 11 is 0. The Morgan fingerprint density at radius 3 is 2.56 bits per heavy atom. The van der Waals surface area contributed by atoms with Gasteiger partial charge in [0.25, 0.3) is 0 Å². The maximum Gasteiger partial charge on any atom is 0.303 e. The molecule has 1 atom stereocenters. The zero-order chi connectivity index (χ0) is 14.2. The Balaban J connectivity index is 3.91. The molecule has 0 aromatic rings. The molecule has 0 saturated heterocycles. The van der Waals surface area contributed by atoms with Gasteiger partial charge in [0.2, 0.25) is 5.91 Å². The van der Waals surface area contributed by atoms with Gasteiger partial charge in [-0.25, -0.2) is 0 Å². The van der Waals surface area contributed by atoms with Gasteiger partial charge in [-0.05, 0) is 24.7 Å². The fraction of sp³-hybridized carbons (Fsp3) is 0.692. The molecule has 0 radical (unpaired) electrons. The first-order valence-corrected chi connectivity index (χ1v) is 6.14. The predicted molar refractivity (Wildman–Crippen MR) is 71.1 cm³/mol. The van der Waals surface area contributed by atoms with Crippen molar-refractivity contribution in [2.24, 2.45) is 11.1 Å². The molecule has 4 N–H and O–H groups in total. The lowest BCUT2D eigenvalue weighted by molar-refractivity contribution is -0.137. The molecule has 0 saturated carbocycles. The third-order valence-corrected chi connectivity index (χ3v) is 2.87. The van der Waals surface area contributed by atoms with Crippen molar-refractivity contribution in [1.82, 2.24) is 5.32 Å². The molecular formula is C13H24N2O3. The molecule has 0 bridgehead atoms. The normalized spacial score (nSPS) is 12.8. The molecule has 1 unspecified atom stereocenters. The summed E-state index contributed by atoms with van der Waals surface area (Å²) in [5.74, 6) is -0.982. The van der Waals surface area contributed by atoms with E-state index in [9.17, 15) is 9.59 Å². The monoisotopic (exact) mass is 256 g/mol. The SMILES string of the molecule is C=CCC(N)C(=O)NCCC(C)(C)CCC(=O)O. The quantitative estimate of drug-likeness (QED) is 0.542. The number of hydrogen-bond acceptors (Lipinski definition) is 3. The van der Waals surface area contributed by atoms with Crippen LogP contribution < -0.4 is 11.1 Å². The largest absolute Gasteiger partial charge is 0.481 e. The Morgan fingerprint density at radius 1 is 1.44 bits per heavy atom. The summed E-state index contributed by atoms with van der Waals surface area (Å²) in [7, 11) is 0. The Hall–Kier alpha value is -1.36. The average molecular weight is 256 g/mol. The summed E-state index contributed by atoms with van der Waals surface area (Å²) < 4.78 is 0. The van der Waals surface area contributed by atoms with E-state index in [-0.39, 0.29) is 17.7 Å². The molecule has 104 valence electrons. The predicted octanol–water partition coefficient (Wildman–Crippen LogP) is 1.29. The topological polar surface area (TPSA) is 92.4 Å². The molecule has 0 aromatic carbocycles. The van der Waals surface area contributed by atoms with Gasteiger partial charge < -0.3 is 16.2 Å². The van der Waals surface area contributed by atoms with E-state index in [0.29, 0.717) is 19.4 Å². The van der Waals surface area contributed by atoms with Gasteiger partial charge >= 0.3 is 5.97 Å². The summed E-state index contributed by atoms with van der Waals surface area (Å²) in [5, 5.41) is 11.4. The first-order valence-electron chi connectivity index (χ1n) is 6.14. The Labute approximate surface area is 108 Å². The number of rotatable bonds is 9. The first-order chi connectivity index (χ1) is 8.28. The third-order valence-electron chi connectivity index (χ3n) is 2.87. The van der Waals surface area contributed by atoms with E-state index in [0.717, 1.165) is 6.42 Å². The van der Waals surface area contributed by atoms with Crippen molar-refractivity contribution in [3.63, 3.8) is 0 Å². The summed E-state index contributed by atoms with van der Waals surface area (Å²) in [4.78, 5) is 22.0. The van der Waals surface area contributed by atoms with Crippen molar-refractivity contribution >= 4 is 11.9 Å². The maximum absolute atomic E-state index is 11.5. The number of nitrogens with two attached hydrogens (primary N) is 1. The number of amides is 1. The number of nitrogens with one attached hydrogen (secondary N) is 1. The summed E-state index contributed by atoms with van der Waals surface area (Å²) in [6, 6.07) is -0.551. The van der Waals surface area contributed by atoms with Crippen molar-refractivity contribution in [3.8, 4) is 0 Å². The van der Waals surface area contributed by atoms with Gasteiger partial charge in [0, 0.05) is 13.0 Å². The minimum absolute atomic E-state index is 0.103. The minimum Gasteiger partial charge on any atom is -0.481 e. The van der Waals surface area contributed by atoms with Crippen molar-refractivity contribution in [2.75, 3.05) is 6.54 Å². The van der Waals surface area contributed by atoms with Crippen LogP contribution in [0.15, 0.2) is 12.7 Å². The van der Waals surface area contributed by atoms with Gasteiger partial charge in [-0.15, -0.1) is 6.58 Å². The van der Waals surface area contributed by atoms with Gasteiger partial charge in [-0.3, -0.25) is 9.59 Å². The second-order valence-electron chi connectivity index (χ2n) is 5.23. The minimum atomic E-state index is -0.792. The molecule has 0 aromatic heterocycles. The van der Waals surface area contributed by atoms with Crippen LogP contribution in [-0.4, -0.2) is 29.6 Å². The molecule has 0 aliphatic heterocycles. The molecule has 1 amide bonds. The maximum atomic E-state index is 11.5. The van der Waals surface area contributed by atoms with Gasteiger partial charge in [0.05, 0.1) is 6.04 Å². The molecule has 0 aliphatic carbocycles. The van der Waals surface area contributed by atoms with Gasteiger partial charge in [-0.2, -0.15) is 0 Å². The Bertz CT molecular complexity index is 301. The smallest absolute Gasteiger partial charge is 0.303 e. The molecule has 0 spiro atoms. The van der Waals surface area contributed by atoms with Crippen molar-refractivity contribution in [1.29, 1.82) is 0 Å². The number of hydrogen-bond donors (Lipinski definition) is 3. The van der Waals surface area contributed by atoms with Gasteiger partial charge in [0.15, 0.2) is 0 Å². The van der Waals surface area contributed by atoms with Crippen LogP contribution in [0.1, 0.15) is 39.5 Å². The van der Waals surface area contributed by atoms with E-state index >= 15 is 0 Å². The molecule has 0 fully saturated rings. The van der Waals surface area contributed by atoms with E-state index in [1.54, 1.807) is 6.08 Å². The van der Waals surface area contributed by atoms with E-state index in [1.165, 1.54) is 0 Å². The highest BCUT2D eigenvalue weighted by atomic mass is 16.4.